The molecule has 3 nitrogen and oxygen atoms in total. The molecule has 1 aliphatic rings. The molecule has 3 rings (SSSR count). The Morgan fingerprint density at radius 1 is 1.25 bits per heavy atom. The molecule has 1 saturated heterocycles. The number of benzene rings is 1. The first-order chi connectivity index (χ1) is 9.72. The zero-order valence-corrected chi connectivity index (χ0v) is 12.9. The van der Waals surface area contributed by atoms with Crippen LogP contribution in [0.4, 0.5) is 0 Å². The van der Waals surface area contributed by atoms with Crippen LogP contribution in [0, 0.1) is 13.8 Å². The van der Waals surface area contributed by atoms with E-state index in [9.17, 15) is 0 Å². The number of oxazole rings is 1. The fraction of sp³-hybridized carbons (Fsp3) is 0.438. The number of thioether (sulfide) groups is 1. The zero-order chi connectivity index (χ0) is 13.9. The van der Waals surface area contributed by atoms with Gasteiger partial charge >= 0.3 is 0 Å². The number of aryl methyl sites for hydroxylation is 2. The van der Waals surface area contributed by atoms with Crippen molar-refractivity contribution in [1.29, 1.82) is 0 Å². The van der Waals surface area contributed by atoms with Gasteiger partial charge in [0.1, 0.15) is 5.76 Å². The molecule has 0 unspecified atom stereocenters. The summed E-state index contributed by atoms with van der Waals surface area (Å²) in [6.07, 6.45) is 0. The van der Waals surface area contributed by atoms with E-state index in [-0.39, 0.29) is 0 Å². The molecule has 0 amide bonds. The van der Waals surface area contributed by atoms with Crippen molar-refractivity contribution in [3.63, 3.8) is 0 Å². The van der Waals surface area contributed by atoms with Gasteiger partial charge in [-0.3, -0.25) is 4.90 Å². The van der Waals surface area contributed by atoms with Gasteiger partial charge in [0.15, 0.2) is 0 Å². The van der Waals surface area contributed by atoms with Crippen LogP contribution in [-0.4, -0.2) is 34.5 Å². The summed E-state index contributed by atoms with van der Waals surface area (Å²) in [4.78, 5) is 7.16. The van der Waals surface area contributed by atoms with Gasteiger partial charge in [0.05, 0.1) is 5.69 Å². The second kappa shape index (κ2) is 6.02. The Balaban J connectivity index is 1.80. The number of hydrogen-bond acceptors (Lipinski definition) is 4. The Morgan fingerprint density at radius 3 is 2.80 bits per heavy atom. The maximum Gasteiger partial charge on any atom is 0.226 e. The van der Waals surface area contributed by atoms with Crippen LogP contribution in [0.15, 0.2) is 28.7 Å². The van der Waals surface area contributed by atoms with Gasteiger partial charge in [-0.05, 0) is 26.0 Å². The van der Waals surface area contributed by atoms with Gasteiger partial charge in [-0.2, -0.15) is 11.8 Å². The Bertz CT molecular complexity index is 588. The summed E-state index contributed by atoms with van der Waals surface area (Å²) in [5.41, 5.74) is 3.37. The average molecular weight is 288 g/mol. The summed E-state index contributed by atoms with van der Waals surface area (Å²) in [6.45, 7) is 7.31. The number of hydrogen-bond donors (Lipinski definition) is 0. The highest BCUT2D eigenvalue weighted by molar-refractivity contribution is 7.99. The lowest BCUT2D eigenvalue weighted by molar-refractivity contribution is 0.289. The van der Waals surface area contributed by atoms with E-state index < -0.39 is 0 Å². The normalized spacial score (nSPS) is 16.5. The summed E-state index contributed by atoms with van der Waals surface area (Å²) in [5.74, 6) is 4.14. The molecule has 20 heavy (non-hydrogen) atoms. The fourth-order valence-corrected chi connectivity index (χ4v) is 3.43. The molecule has 2 heterocycles. The van der Waals surface area contributed by atoms with E-state index in [4.69, 9.17) is 9.40 Å². The molecule has 2 aromatic rings. The number of nitrogens with zero attached hydrogens (tertiary/aromatic N) is 2. The highest BCUT2D eigenvalue weighted by Gasteiger charge is 2.16. The lowest BCUT2D eigenvalue weighted by atomic mass is 10.1. The van der Waals surface area contributed by atoms with Crippen molar-refractivity contribution in [3.05, 3.63) is 41.3 Å². The molecule has 1 aliphatic heterocycles. The third-order valence-corrected chi connectivity index (χ3v) is 4.58. The molecule has 0 N–H and O–H groups in total. The van der Waals surface area contributed by atoms with Gasteiger partial charge in [-0.25, -0.2) is 4.98 Å². The van der Waals surface area contributed by atoms with Crippen LogP contribution in [0.3, 0.4) is 0 Å². The zero-order valence-electron chi connectivity index (χ0n) is 12.1. The van der Waals surface area contributed by atoms with Crippen LogP contribution in [0.5, 0.6) is 0 Å². The minimum atomic E-state index is 0.743. The summed E-state index contributed by atoms with van der Waals surface area (Å²) in [7, 11) is 0. The third kappa shape index (κ3) is 3.07. The fourth-order valence-electron chi connectivity index (χ4n) is 2.45. The minimum Gasteiger partial charge on any atom is -0.441 e. The van der Waals surface area contributed by atoms with E-state index in [1.807, 2.05) is 24.8 Å². The van der Waals surface area contributed by atoms with Crippen molar-refractivity contribution in [2.45, 2.75) is 20.4 Å². The van der Waals surface area contributed by atoms with Crippen LogP contribution in [-0.2, 0) is 6.54 Å². The number of aromatic nitrogens is 1. The van der Waals surface area contributed by atoms with Crippen molar-refractivity contribution in [2.75, 3.05) is 24.6 Å². The quantitative estimate of drug-likeness (QED) is 0.864. The van der Waals surface area contributed by atoms with Crippen LogP contribution in [0.1, 0.15) is 17.0 Å². The van der Waals surface area contributed by atoms with Crippen molar-refractivity contribution < 1.29 is 4.42 Å². The van der Waals surface area contributed by atoms with Crippen molar-refractivity contribution in [2.24, 2.45) is 0 Å². The predicted octanol–water partition coefficient (Wildman–Crippen LogP) is 3.51. The number of rotatable bonds is 3. The molecule has 0 atom stereocenters. The van der Waals surface area contributed by atoms with E-state index in [0.29, 0.717) is 0 Å². The lowest BCUT2D eigenvalue weighted by Crippen LogP contribution is -2.32. The summed E-state index contributed by atoms with van der Waals surface area (Å²) in [6, 6.07) is 8.31. The predicted molar refractivity (Wildman–Crippen MR) is 84.0 cm³/mol. The van der Waals surface area contributed by atoms with Crippen LogP contribution in [0.2, 0.25) is 0 Å². The second-order valence-electron chi connectivity index (χ2n) is 5.28. The van der Waals surface area contributed by atoms with E-state index in [2.05, 4.69) is 30.0 Å². The van der Waals surface area contributed by atoms with Crippen molar-refractivity contribution in [1.82, 2.24) is 9.88 Å². The van der Waals surface area contributed by atoms with Crippen molar-refractivity contribution in [3.8, 4) is 11.5 Å². The van der Waals surface area contributed by atoms with Crippen LogP contribution < -0.4 is 0 Å². The Labute approximate surface area is 124 Å². The monoisotopic (exact) mass is 288 g/mol. The molecule has 0 bridgehead atoms. The summed E-state index contributed by atoms with van der Waals surface area (Å²) in [5, 5.41) is 0. The standard InChI is InChI=1S/C16H20N2OS/c1-12-4-3-5-14(10-12)16-17-15(13(2)19-16)11-18-6-8-20-9-7-18/h3-5,10H,6-9,11H2,1-2H3. The molecule has 0 spiro atoms. The molecule has 106 valence electrons. The topological polar surface area (TPSA) is 29.3 Å². The molecule has 0 saturated carbocycles. The van der Waals surface area contributed by atoms with Gasteiger partial charge in [-0.15, -0.1) is 0 Å². The molecule has 4 heteroatoms. The highest BCUT2D eigenvalue weighted by atomic mass is 32.2. The largest absolute Gasteiger partial charge is 0.441 e. The van der Waals surface area contributed by atoms with Crippen molar-refractivity contribution >= 4 is 11.8 Å². The minimum absolute atomic E-state index is 0.743. The highest BCUT2D eigenvalue weighted by Crippen LogP contribution is 2.24. The van der Waals surface area contributed by atoms with Crippen LogP contribution >= 0.6 is 11.8 Å². The molecular formula is C16H20N2OS. The van der Waals surface area contributed by atoms with Crippen LogP contribution in [0.25, 0.3) is 11.5 Å². The molecule has 1 fully saturated rings. The van der Waals surface area contributed by atoms with E-state index in [1.165, 1.54) is 17.1 Å². The molecule has 1 aromatic carbocycles. The SMILES string of the molecule is Cc1cccc(-c2nc(CN3CCSCC3)c(C)o2)c1. The Morgan fingerprint density at radius 2 is 2.05 bits per heavy atom. The van der Waals surface area contributed by atoms with Gasteiger partial charge < -0.3 is 4.42 Å². The summed E-state index contributed by atoms with van der Waals surface area (Å²) >= 11 is 2.03. The van der Waals surface area contributed by atoms with E-state index in [1.54, 1.807) is 0 Å². The second-order valence-corrected chi connectivity index (χ2v) is 6.50. The molecule has 0 aliphatic carbocycles. The molecule has 0 radical (unpaired) electrons. The first kappa shape index (κ1) is 13.7. The lowest BCUT2D eigenvalue weighted by Gasteiger charge is -2.25. The maximum atomic E-state index is 5.85. The van der Waals surface area contributed by atoms with Gasteiger partial charge in [0.25, 0.3) is 0 Å². The van der Waals surface area contributed by atoms with Gasteiger partial charge in [-0.1, -0.05) is 17.7 Å². The van der Waals surface area contributed by atoms with Gasteiger partial charge in [0.2, 0.25) is 5.89 Å². The smallest absolute Gasteiger partial charge is 0.226 e. The Hall–Kier alpha value is -1.26. The van der Waals surface area contributed by atoms with E-state index >= 15 is 0 Å². The maximum absolute atomic E-state index is 5.85. The average Bonchev–Trinajstić information content (AvgIpc) is 2.81. The Kier molecular flexibility index (Phi) is 4.13. The third-order valence-electron chi connectivity index (χ3n) is 3.63. The first-order valence-corrected chi connectivity index (χ1v) is 8.21. The first-order valence-electron chi connectivity index (χ1n) is 7.06. The summed E-state index contributed by atoms with van der Waals surface area (Å²) < 4.78 is 5.85. The molecule has 1 aromatic heterocycles. The van der Waals surface area contributed by atoms with Gasteiger partial charge in [0, 0.05) is 36.7 Å². The molecular weight excluding hydrogens is 268 g/mol. The van der Waals surface area contributed by atoms with E-state index in [0.717, 1.165) is 42.5 Å².